The van der Waals surface area contributed by atoms with Crippen LogP contribution in [0.5, 0.6) is 5.75 Å². The van der Waals surface area contributed by atoms with Crippen molar-refractivity contribution in [3.05, 3.63) is 81.3 Å². The van der Waals surface area contributed by atoms with Crippen LogP contribution in [0.4, 0.5) is 11.4 Å². The second-order valence-corrected chi connectivity index (χ2v) is 10.1. The van der Waals surface area contributed by atoms with Gasteiger partial charge in [0.25, 0.3) is 15.9 Å². The molecule has 0 aliphatic rings. The zero-order valence-corrected chi connectivity index (χ0v) is 20.9. The molecule has 0 fully saturated rings. The number of rotatable bonds is 8. The van der Waals surface area contributed by atoms with Gasteiger partial charge in [-0.15, -0.1) is 0 Å². The Bertz CT molecular complexity index is 1250. The predicted octanol–water partition coefficient (Wildman–Crippen LogP) is 6.19. The van der Waals surface area contributed by atoms with Crippen LogP contribution in [0.15, 0.2) is 65.6 Å². The number of anilines is 2. The topological polar surface area (TPSA) is 75.7 Å². The SMILES string of the molecule is CCN(c1ccc(OCC(=O)Nc2cc(Cl)c(Cl)cc2Cl)cc1)S(=O)(=O)c1ccc(C)cc1. The summed E-state index contributed by atoms with van der Waals surface area (Å²) in [5.41, 5.74) is 1.77. The molecule has 0 heterocycles. The monoisotopic (exact) mass is 526 g/mol. The molecule has 3 aromatic carbocycles. The Labute approximate surface area is 208 Å². The molecule has 3 aromatic rings. The lowest BCUT2D eigenvalue weighted by Crippen LogP contribution is -2.30. The summed E-state index contributed by atoms with van der Waals surface area (Å²) in [5.74, 6) is -0.0468. The molecule has 1 amide bonds. The highest BCUT2D eigenvalue weighted by Crippen LogP contribution is 2.32. The maximum absolute atomic E-state index is 13.0. The number of nitrogens with zero attached hydrogens (tertiary/aromatic N) is 1. The molecule has 33 heavy (non-hydrogen) atoms. The number of amides is 1. The molecule has 0 aliphatic carbocycles. The van der Waals surface area contributed by atoms with E-state index in [9.17, 15) is 13.2 Å². The van der Waals surface area contributed by atoms with Crippen molar-refractivity contribution in [2.24, 2.45) is 0 Å². The smallest absolute Gasteiger partial charge is 0.264 e. The van der Waals surface area contributed by atoms with Crippen LogP contribution in [0.1, 0.15) is 12.5 Å². The number of ether oxygens (including phenoxy) is 1. The summed E-state index contributed by atoms with van der Waals surface area (Å²) in [7, 11) is -3.71. The number of aryl methyl sites for hydroxylation is 1. The Morgan fingerprint density at radius 1 is 0.939 bits per heavy atom. The Kier molecular flexibility index (Phi) is 8.13. The zero-order valence-electron chi connectivity index (χ0n) is 17.8. The van der Waals surface area contributed by atoms with E-state index in [4.69, 9.17) is 39.5 Å². The summed E-state index contributed by atoms with van der Waals surface area (Å²) in [6.45, 7) is 3.62. The fourth-order valence-electron chi connectivity index (χ4n) is 2.99. The van der Waals surface area contributed by atoms with Crippen molar-refractivity contribution in [2.45, 2.75) is 18.7 Å². The van der Waals surface area contributed by atoms with E-state index in [0.29, 0.717) is 17.1 Å². The lowest BCUT2D eigenvalue weighted by atomic mass is 10.2. The molecule has 174 valence electrons. The van der Waals surface area contributed by atoms with Crippen LogP contribution in [-0.2, 0) is 14.8 Å². The average molecular weight is 528 g/mol. The van der Waals surface area contributed by atoms with Gasteiger partial charge in [-0.1, -0.05) is 52.5 Å². The van der Waals surface area contributed by atoms with E-state index in [0.717, 1.165) is 5.56 Å². The molecule has 0 unspecified atom stereocenters. The number of sulfonamides is 1. The molecule has 6 nitrogen and oxygen atoms in total. The summed E-state index contributed by atoms with van der Waals surface area (Å²) < 4.78 is 32.9. The van der Waals surface area contributed by atoms with Crippen LogP contribution < -0.4 is 14.4 Å². The van der Waals surface area contributed by atoms with Crippen LogP contribution in [0.25, 0.3) is 0 Å². The number of hydrogen-bond acceptors (Lipinski definition) is 4. The summed E-state index contributed by atoms with van der Waals surface area (Å²) in [5, 5.41) is 3.39. The third-order valence-electron chi connectivity index (χ3n) is 4.67. The van der Waals surface area contributed by atoms with Gasteiger partial charge in [-0.3, -0.25) is 9.10 Å². The minimum atomic E-state index is -3.71. The molecular weight excluding hydrogens is 507 g/mol. The van der Waals surface area contributed by atoms with Crippen molar-refractivity contribution in [1.82, 2.24) is 0 Å². The second-order valence-electron chi connectivity index (χ2n) is 7.06. The van der Waals surface area contributed by atoms with Crippen molar-refractivity contribution in [3.63, 3.8) is 0 Å². The largest absolute Gasteiger partial charge is 0.484 e. The normalized spacial score (nSPS) is 11.2. The van der Waals surface area contributed by atoms with Gasteiger partial charge in [0.2, 0.25) is 0 Å². The van der Waals surface area contributed by atoms with E-state index in [1.807, 2.05) is 6.92 Å². The summed E-state index contributed by atoms with van der Waals surface area (Å²) in [4.78, 5) is 12.4. The summed E-state index contributed by atoms with van der Waals surface area (Å²) in [6.07, 6.45) is 0. The first-order valence-electron chi connectivity index (χ1n) is 9.88. The average Bonchev–Trinajstić information content (AvgIpc) is 2.77. The van der Waals surface area contributed by atoms with Crippen molar-refractivity contribution in [2.75, 3.05) is 22.8 Å². The van der Waals surface area contributed by atoms with Crippen LogP contribution in [0, 0.1) is 6.92 Å². The fourth-order valence-corrected chi connectivity index (χ4v) is 5.06. The molecule has 3 rings (SSSR count). The lowest BCUT2D eigenvalue weighted by Gasteiger charge is -2.23. The van der Waals surface area contributed by atoms with E-state index < -0.39 is 15.9 Å². The Hall–Kier alpha value is -2.45. The molecular formula is C23H21Cl3N2O4S. The first kappa shape index (κ1) is 25.2. The van der Waals surface area contributed by atoms with Crippen LogP contribution in [0.3, 0.4) is 0 Å². The summed E-state index contributed by atoms with van der Waals surface area (Å²) in [6, 6.07) is 16.0. The van der Waals surface area contributed by atoms with Gasteiger partial charge in [0.1, 0.15) is 5.75 Å². The van der Waals surface area contributed by atoms with Crippen molar-refractivity contribution < 1.29 is 17.9 Å². The number of hydrogen-bond donors (Lipinski definition) is 1. The maximum atomic E-state index is 13.0. The molecule has 0 spiro atoms. The summed E-state index contributed by atoms with van der Waals surface area (Å²) >= 11 is 17.9. The number of benzene rings is 3. The van der Waals surface area contributed by atoms with Gasteiger partial charge in [-0.25, -0.2) is 8.42 Å². The van der Waals surface area contributed by atoms with Gasteiger partial charge in [-0.05, 0) is 62.4 Å². The van der Waals surface area contributed by atoms with Gasteiger partial charge in [-0.2, -0.15) is 0 Å². The highest BCUT2D eigenvalue weighted by Gasteiger charge is 2.23. The van der Waals surface area contributed by atoms with Gasteiger partial charge < -0.3 is 10.1 Å². The lowest BCUT2D eigenvalue weighted by molar-refractivity contribution is -0.118. The van der Waals surface area contributed by atoms with Gasteiger partial charge in [0.15, 0.2) is 6.61 Å². The minimum absolute atomic E-state index is 0.216. The van der Waals surface area contributed by atoms with E-state index >= 15 is 0 Å². The Morgan fingerprint density at radius 2 is 1.55 bits per heavy atom. The molecule has 0 aliphatic heterocycles. The first-order chi connectivity index (χ1) is 15.6. The quantitative estimate of drug-likeness (QED) is 0.355. The zero-order chi connectivity index (χ0) is 24.2. The Morgan fingerprint density at radius 3 is 2.15 bits per heavy atom. The van der Waals surface area contributed by atoms with E-state index in [1.54, 1.807) is 55.5 Å². The number of halogens is 3. The van der Waals surface area contributed by atoms with E-state index in [1.165, 1.54) is 16.4 Å². The molecule has 0 bridgehead atoms. The van der Waals surface area contributed by atoms with Crippen LogP contribution in [0.2, 0.25) is 15.1 Å². The first-order valence-corrected chi connectivity index (χ1v) is 12.5. The van der Waals surface area contributed by atoms with Gasteiger partial charge in [0, 0.05) is 6.54 Å². The minimum Gasteiger partial charge on any atom is -0.484 e. The van der Waals surface area contributed by atoms with Gasteiger partial charge in [0.05, 0.1) is 31.3 Å². The molecule has 0 saturated carbocycles. The highest BCUT2D eigenvalue weighted by atomic mass is 35.5. The van der Waals surface area contributed by atoms with E-state index in [-0.39, 0.29) is 33.1 Å². The third kappa shape index (κ3) is 6.12. The highest BCUT2D eigenvalue weighted by molar-refractivity contribution is 7.92. The Balaban J connectivity index is 1.66. The molecule has 0 atom stereocenters. The van der Waals surface area contributed by atoms with Crippen LogP contribution >= 0.6 is 34.8 Å². The van der Waals surface area contributed by atoms with Crippen molar-refractivity contribution >= 4 is 62.1 Å². The number of carbonyl (C=O) groups is 1. The number of carbonyl (C=O) groups excluding carboxylic acids is 1. The fraction of sp³-hybridized carbons (Fsp3) is 0.174. The van der Waals surface area contributed by atoms with Crippen LogP contribution in [-0.4, -0.2) is 27.5 Å². The van der Waals surface area contributed by atoms with Crippen molar-refractivity contribution in [1.29, 1.82) is 0 Å². The molecule has 1 N–H and O–H groups in total. The van der Waals surface area contributed by atoms with Crippen molar-refractivity contribution in [3.8, 4) is 5.75 Å². The maximum Gasteiger partial charge on any atom is 0.264 e. The molecule has 0 aromatic heterocycles. The third-order valence-corrected chi connectivity index (χ3v) is 7.63. The standard InChI is InChI=1S/C23H21Cl3N2O4S/c1-3-28(33(30,31)18-10-4-15(2)5-11-18)16-6-8-17(9-7-16)32-14-23(29)27-22-13-20(25)19(24)12-21(22)26/h4-13H,3,14H2,1-2H3,(H,27,29). The second kappa shape index (κ2) is 10.7. The molecule has 0 radical (unpaired) electrons. The van der Waals surface area contributed by atoms with E-state index in [2.05, 4.69) is 5.32 Å². The predicted molar refractivity (Wildman–Crippen MR) is 133 cm³/mol. The molecule has 10 heteroatoms. The molecule has 0 saturated heterocycles. The van der Waals surface area contributed by atoms with Gasteiger partial charge >= 0.3 is 0 Å². The number of nitrogens with one attached hydrogen (secondary N) is 1.